The predicted octanol–water partition coefficient (Wildman–Crippen LogP) is 3.58. The zero-order valence-electron chi connectivity index (χ0n) is 19.4. The molecule has 5 rings (SSSR count). The first-order valence-electron chi connectivity index (χ1n) is 11.7. The number of nitrogens with one attached hydrogen (secondary N) is 2. The second-order valence-electron chi connectivity index (χ2n) is 10.3. The summed E-state index contributed by atoms with van der Waals surface area (Å²) in [6.07, 6.45) is 5.85. The molecule has 1 unspecified atom stereocenters. The van der Waals surface area contributed by atoms with E-state index in [9.17, 15) is 8.42 Å². The van der Waals surface area contributed by atoms with Crippen LogP contribution in [0.4, 0.5) is 5.82 Å². The van der Waals surface area contributed by atoms with Gasteiger partial charge in [-0.15, -0.1) is 0 Å². The molecule has 2 aliphatic carbocycles. The molecule has 178 valence electrons. The standard InChI is InChI=1S/C24H33N5O3S/c1-15-26-22(28-21-13-24(2,3)20-7-5-4-6-18(20)21)19-10-11-29(23(19)27-15)17-9-8-16(12-17)14-32-33(25,30)31/h4-7,10-11,15-17,21,27H,8-9,12-14H2,1-3H3,(H,26,28)(H2,25,30,31)/t15?,16-,17-,21+/m0/s1. The highest BCUT2D eigenvalue weighted by molar-refractivity contribution is 7.84. The average Bonchev–Trinajstić information content (AvgIpc) is 3.43. The van der Waals surface area contributed by atoms with Crippen molar-refractivity contribution >= 4 is 22.0 Å². The second-order valence-corrected chi connectivity index (χ2v) is 11.5. The van der Waals surface area contributed by atoms with E-state index in [4.69, 9.17) is 14.3 Å². The molecule has 0 amide bonds. The number of nitrogens with zero attached hydrogens (tertiary/aromatic N) is 2. The fraction of sp³-hybridized carbons (Fsp3) is 0.542. The Morgan fingerprint density at radius 3 is 2.85 bits per heavy atom. The minimum atomic E-state index is -3.90. The van der Waals surface area contributed by atoms with Crippen molar-refractivity contribution in [2.75, 3.05) is 11.9 Å². The van der Waals surface area contributed by atoms with Gasteiger partial charge in [0.1, 0.15) is 17.8 Å². The lowest BCUT2D eigenvalue weighted by Gasteiger charge is -2.27. The maximum absolute atomic E-state index is 11.1. The first-order valence-corrected chi connectivity index (χ1v) is 13.2. The van der Waals surface area contributed by atoms with Crippen LogP contribution < -0.4 is 15.8 Å². The van der Waals surface area contributed by atoms with Crippen molar-refractivity contribution in [1.82, 2.24) is 9.88 Å². The summed E-state index contributed by atoms with van der Waals surface area (Å²) in [4.78, 5) is 4.90. The van der Waals surface area contributed by atoms with Gasteiger partial charge >= 0.3 is 10.3 Å². The van der Waals surface area contributed by atoms with Gasteiger partial charge in [0.2, 0.25) is 0 Å². The Labute approximate surface area is 195 Å². The van der Waals surface area contributed by atoms with Crippen LogP contribution in [0.1, 0.15) is 75.2 Å². The van der Waals surface area contributed by atoms with Gasteiger partial charge < -0.3 is 15.2 Å². The maximum Gasteiger partial charge on any atom is 0.333 e. The van der Waals surface area contributed by atoms with Gasteiger partial charge in [-0.2, -0.15) is 8.42 Å². The minimum absolute atomic E-state index is 0.0405. The lowest BCUT2D eigenvalue weighted by molar-refractivity contribution is 0.253. The molecule has 2 heterocycles. The highest BCUT2D eigenvalue weighted by Crippen LogP contribution is 2.45. The smallest absolute Gasteiger partial charge is 0.333 e. The lowest BCUT2D eigenvalue weighted by atomic mass is 9.86. The highest BCUT2D eigenvalue weighted by atomic mass is 32.2. The van der Waals surface area contributed by atoms with Crippen molar-refractivity contribution in [3.05, 3.63) is 53.2 Å². The summed E-state index contributed by atoms with van der Waals surface area (Å²) in [5, 5.41) is 12.3. The van der Waals surface area contributed by atoms with Crippen molar-refractivity contribution in [2.24, 2.45) is 16.0 Å². The van der Waals surface area contributed by atoms with Gasteiger partial charge in [0.25, 0.3) is 0 Å². The number of anilines is 1. The number of hydrogen-bond donors (Lipinski definition) is 3. The van der Waals surface area contributed by atoms with Crippen molar-refractivity contribution in [3.63, 3.8) is 0 Å². The monoisotopic (exact) mass is 471 g/mol. The van der Waals surface area contributed by atoms with Gasteiger partial charge in [-0.05, 0) is 61.1 Å². The van der Waals surface area contributed by atoms with Crippen LogP contribution in [0.15, 0.2) is 41.5 Å². The fourth-order valence-electron chi connectivity index (χ4n) is 5.79. The number of nitrogens with two attached hydrogens (primary N) is 1. The number of amidine groups is 1. The van der Waals surface area contributed by atoms with E-state index in [0.29, 0.717) is 0 Å². The van der Waals surface area contributed by atoms with Crippen LogP contribution >= 0.6 is 0 Å². The molecule has 33 heavy (non-hydrogen) atoms. The Kier molecular flexibility index (Phi) is 5.54. The molecule has 3 aliphatic rings. The molecule has 9 heteroatoms. The van der Waals surface area contributed by atoms with E-state index in [0.717, 1.165) is 42.9 Å². The molecule has 0 radical (unpaired) electrons. The average molecular weight is 472 g/mol. The molecule has 1 aromatic carbocycles. The molecule has 1 fully saturated rings. The Morgan fingerprint density at radius 2 is 2.06 bits per heavy atom. The molecule has 0 bridgehead atoms. The minimum Gasteiger partial charge on any atom is -0.363 e. The SMILES string of the molecule is CC1N=C(N[C@@H]2CC(C)(C)c3ccccc32)c2ccn([C@H]3CC[C@H](COS(N)(=O)=O)C3)c2N1. The number of aromatic nitrogens is 1. The Hall–Kier alpha value is -2.36. The summed E-state index contributed by atoms with van der Waals surface area (Å²) >= 11 is 0. The van der Waals surface area contributed by atoms with E-state index in [2.05, 4.69) is 72.5 Å². The molecule has 4 N–H and O–H groups in total. The van der Waals surface area contributed by atoms with Gasteiger partial charge in [0, 0.05) is 12.2 Å². The molecule has 0 saturated heterocycles. The summed E-state index contributed by atoms with van der Waals surface area (Å²) in [5.74, 6) is 2.18. The number of benzene rings is 1. The predicted molar refractivity (Wildman–Crippen MR) is 129 cm³/mol. The largest absolute Gasteiger partial charge is 0.363 e. The molecule has 8 nitrogen and oxygen atoms in total. The summed E-state index contributed by atoms with van der Waals surface area (Å²) in [5.41, 5.74) is 3.96. The lowest BCUT2D eigenvalue weighted by Crippen LogP contribution is -2.35. The molecule has 4 atom stereocenters. The van der Waals surface area contributed by atoms with Crippen LogP contribution in [0.2, 0.25) is 0 Å². The fourth-order valence-corrected chi connectivity index (χ4v) is 6.17. The van der Waals surface area contributed by atoms with Crippen molar-refractivity contribution < 1.29 is 12.6 Å². The first-order chi connectivity index (χ1) is 15.6. The maximum atomic E-state index is 11.1. The van der Waals surface area contributed by atoms with E-state index in [1.807, 2.05) is 0 Å². The Balaban J connectivity index is 1.35. The first kappa shape index (κ1) is 22.4. The van der Waals surface area contributed by atoms with E-state index in [1.54, 1.807) is 0 Å². The summed E-state index contributed by atoms with van der Waals surface area (Å²) in [6.45, 7) is 6.82. The van der Waals surface area contributed by atoms with Crippen LogP contribution in [0.25, 0.3) is 0 Å². The van der Waals surface area contributed by atoms with Gasteiger partial charge in [-0.1, -0.05) is 38.1 Å². The number of fused-ring (bicyclic) bond motifs is 2. The van der Waals surface area contributed by atoms with E-state index in [-0.39, 0.29) is 36.2 Å². The van der Waals surface area contributed by atoms with E-state index < -0.39 is 10.3 Å². The second kappa shape index (κ2) is 8.14. The van der Waals surface area contributed by atoms with Crippen LogP contribution in [-0.4, -0.2) is 31.6 Å². The third-order valence-electron chi connectivity index (χ3n) is 7.30. The topological polar surface area (TPSA) is 111 Å². The third kappa shape index (κ3) is 4.41. The molecule has 1 aliphatic heterocycles. The van der Waals surface area contributed by atoms with Crippen molar-refractivity contribution in [2.45, 2.75) is 70.1 Å². The van der Waals surface area contributed by atoms with E-state index >= 15 is 0 Å². The number of rotatable bonds is 5. The summed E-state index contributed by atoms with van der Waals surface area (Å²) < 4.78 is 29.4. The Bertz CT molecular complexity index is 1190. The third-order valence-corrected chi connectivity index (χ3v) is 7.77. The quantitative estimate of drug-likeness (QED) is 0.617. The van der Waals surface area contributed by atoms with Crippen molar-refractivity contribution in [3.8, 4) is 0 Å². The van der Waals surface area contributed by atoms with Crippen LogP contribution in [0, 0.1) is 5.92 Å². The van der Waals surface area contributed by atoms with Gasteiger partial charge in [-0.25, -0.2) is 10.1 Å². The van der Waals surface area contributed by atoms with E-state index in [1.165, 1.54) is 11.1 Å². The zero-order valence-corrected chi connectivity index (χ0v) is 20.2. The Morgan fingerprint density at radius 1 is 1.27 bits per heavy atom. The molecule has 1 aromatic heterocycles. The molecule has 1 saturated carbocycles. The van der Waals surface area contributed by atoms with Crippen LogP contribution in [0.3, 0.4) is 0 Å². The molecular formula is C24H33N5O3S. The summed E-state index contributed by atoms with van der Waals surface area (Å²) in [7, 11) is -3.90. The molecule has 2 aromatic rings. The van der Waals surface area contributed by atoms with Crippen LogP contribution in [-0.2, 0) is 19.9 Å². The summed E-state index contributed by atoms with van der Waals surface area (Å²) in [6, 6.07) is 11.3. The number of hydrogen-bond acceptors (Lipinski definition) is 6. The molecule has 0 spiro atoms. The normalized spacial score (nSPS) is 28.1. The molecular weight excluding hydrogens is 438 g/mol. The highest BCUT2D eigenvalue weighted by Gasteiger charge is 2.38. The van der Waals surface area contributed by atoms with Gasteiger partial charge in [0.15, 0.2) is 0 Å². The van der Waals surface area contributed by atoms with Crippen molar-refractivity contribution in [1.29, 1.82) is 0 Å². The van der Waals surface area contributed by atoms with Gasteiger partial charge in [-0.3, -0.25) is 4.18 Å². The van der Waals surface area contributed by atoms with Crippen LogP contribution in [0.5, 0.6) is 0 Å². The number of aliphatic imine (C=N–C) groups is 1. The van der Waals surface area contributed by atoms with Gasteiger partial charge in [0.05, 0.1) is 18.2 Å². The zero-order chi connectivity index (χ0) is 23.4.